The van der Waals surface area contributed by atoms with Gasteiger partial charge in [-0.2, -0.15) is 0 Å². The zero-order valence-electron chi connectivity index (χ0n) is 17.2. The number of nitrogens with zero attached hydrogens (tertiary/aromatic N) is 2. The summed E-state index contributed by atoms with van der Waals surface area (Å²) in [5, 5.41) is 3.59. The van der Waals surface area contributed by atoms with E-state index in [2.05, 4.69) is 20.3 Å². The molecule has 31 heavy (non-hydrogen) atoms. The van der Waals surface area contributed by atoms with Crippen LogP contribution >= 0.6 is 0 Å². The third-order valence-electron chi connectivity index (χ3n) is 4.69. The summed E-state index contributed by atoms with van der Waals surface area (Å²) < 4.78 is 43.6. The number of hydrogen-bond acceptors (Lipinski definition) is 6. The van der Waals surface area contributed by atoms with E-state index in [1.54, 1.807) is 36.4 Å². The van der Waals surface area contributed by atoms with Gasteiger partial charge in [0.05, 0.1) is 5.75 Å². The molecule has 0 saturated heterocycles. The number of anilines is 2. The molecule has 4 rings (SSSR count). The van der Waals surface area contributed by atoms with E-state index in [0.29, 0.717) is 28.0 Å². The molecular weight excluding hydrogens is 419 g/mol. The van der Waals surface area contributed by atoms with Crippen LogP contribution in [0, 0.1) is 19.7 Å². The third-order valence-corrected chi connectivity index (χ3v) is 5.54. The number of benzene rings is 2. The highest BCUT2D eigenvalue weighted by molar-refractivity contribution is 7.89. The molecule has 2 heterocycles. The van der Waals surface area contributed by atoms with Crippen LogP contribution < -0.4 is 10.1 Å². The monoisotopic (exact) mass is 440 g/mol. The number of aryl methyl sites for hydroxylation is 2. The molecule has 0 fully saturated rings. The molecule has 7 nitrogen and oxygen atoms in total. The van der Waals surface area contributed by atoms with Crippen LogP contribution in [0.3, 0.4) is 0 Å². The number of H-pyrrole nitrogens is 1. The van der Waals surface area contributed by atoms with Crippen LogP contribution in [0.25, 0.3) is 10.9 Å². The Morgan fingerprint density at radius 3 is 2.68 bits per heavy atom. The molecule has 0 aliphatic rings. The molecule has 160 valence electrons. The number of sulfone groups is 1. The van der Waals surface area contributed by atoms with Gasteiger partial charge in [-0.15, -0.1) is 0 Å². The van der Waals surface area contributed by atoms with Gasteiger partial charge in [0, 0.05) is 34.6 Å². The Bertz CT molecular complexity index is 1380. The van der Waals surface area contributed by atoms with Gasteiger partial charge in [-0.25, -0.2) is 22.8 Å². The Labute approximate surface area is 179 Å². The fraction of sp³-hybridized carbons (Fsp3) is 0.182. The van der Waals surface area contributed by atoms with Gasteiger partial charge in [-0.05, 0) is 49.2 Å². The van der Waals surface area contributed by atoms with Gasteiger partial charge in [-0.3, -0.25) is 0 Å². The highest BCUT2D eigenvalue weighted by Crippen LogP contribution is 2.31. The van der Waals surface area contributed by atoms with Crippen molar-refractivity contribution in [3.05, 3.63) is 71.4 Å². The molecule has 0 aliphatic heterocycles. The number of hydrogen-bond donors (Lipinski definition) is 2. The fourth-order valence-electron chi connectivity index (χ4n) is 3.28. The maximum Gasteiger partial charge on any atom is 0.224 e. The highest BCUT2D eigenvalue weighted by atomic mass is 32.2. The van der Waals surface area contributed by atoms with Crippen molar-refractivity contribution in [1.82, 2.24) is 15.0 Å². The lowest BCUT2D eigenvalue weighted by molar-refractivity contribution is 0.430. The molecule has 2 N–H and O–H groups in total. The van der Waals surface area contributed by atoms with E-state index in [1.807, 2.05) is 19.9 Å². The predicted octanol–water partition coefficient (Wildman–Crippen LogP) is 4.79. The van der Waals surface area contributed by atoms with Gasteiger partial charge < -0.3 is 15.0 Å². The number of aromatic amines is 1. The molecule has 0 amide bonds. The number of fused-ring (bicyclic) bond motifs is 1. The van der Waals surface area contributed by atoms with Gasteiger partial charge in [0.2, 0.25) is 5.88 Å². The van der Waals surface area contributed by atoms with Gasteiger partial charge in [-0.1, -0.05) is 12.1 Å². The standard InChI is InChI=1S/C22H21FN4O3S/c1-13-4-5-15(11-31(3,28)29)9-18(13)27-20-10-21(25-12-24-20)30-19-7-6-17-16(22(19)23)8-14(2)26-17/h4-10,12,26H,11H2,1-3H3,(H,24,25,27). The first kappa shape index (κ1) is 20.8. The molecule has 2 aromatic carbocycles. The van der Waals surface area contributed by atoms with Crippen LogP contribution in [0.15, 0.2) is 48.8 Å². The average molecular weight is 441 g/mol. The van der Waals surface area contributed by atoms with Crippen LogP contribution in [0.1, 0.15) is 16.8 Å². The molecule has 0 radical (unpaired) electrons. The SMILES string of the molecule is Cc1cc2c(F)c(Oc3cc(Nc4cc(CS(C)(=O)=O)ccc4C)ncn3)ccc2[nH]1. The van der Waals surface area contributed by atoms with Gasteiger partial charge in [0.15, 0.2) is 21.4 Å². The number of rotatable bonds is 6. The molecule has 2 aromatic heterocycles. The Morgan fingerprint density at radius 2 is 1.90 bits per heavy atom. The second-order valence-corrected chi connectivity index (χ2v) is 9.62. The summed E-state index contributed by atoms with van der Waals surface area (Å²) in [7, 11) is -3.15. The molecular formula is C22H21FN4O3S. The maximum absolute atomic E-state index is 14.8. The van der Waals surface area contributed by atoms with Crippen molar-refractivity contribution in [2.45, 2.75) is 19.6 Å². The summed E-state index contributed by atoms with van der Waals surface area (Å²) >= 11 is 0. The first-order valence-electron chi connectivity index (χ1n) is 9.50. The van der Waals surface area contributed by atoms with Crippen molar-refractivity contribution in [3.8, 4) is 11.6 Å². The molecule has 0 atom stereocenters. The summed E-state index contributed by atoms with van der Waals surface area (Å²) in [6.45, 7) is 3.75. The second-order valence-electron chi connectivity index (χ2n) is 7.48. The van der Waals surface area contributed by atoms with Gasteiger partial charge in [0.1, 0.15) is 12.1 Å². The van der Waals surface area contributed by atoms with Crippen molar-refractivity contribution < 1.29 is 17.5 Å². The maximum atomic E-state index is 14.8. The minimum atomic E-state index is -3.15. The van der Waals surface area contributed by atoms with E-state index in [0.717, 1.165) is 11.3 Å². The largest absolute Gasteiger partial charge is 0.436 e. The van der Waals surface area contributed by atoms with Gasteiger partial charge in [0.25, 0.3) is 0 Å². The Morgan fingerprint density at radius 1 is 1.10 bits per heavy atom. The normalized spacial score (nSPS) is 11.6. The van der Waals surface area contributed by atoms with E-state index in [1.165, 1.54) is 12.6 Å². The Balaban J connectivity index is 1.58. The van der Waals surface area contributed by atoms with Crippen molar-refractivity contribution in [2.75, 3.05) is 11.6 Å². The summed E-state index contributed by atoms with van der Waals surface area (Å²) in [5.41, 5.74) is 3.84. The number of aromatic nitrogens is 3. The number of ether oxygens (including phenoxy) is 1. The van der Waals surface area contributed by atoms with Crippen molar-refractivity contribution >= 4 is 32.2 Å². The van der Waals surface area contributed by atoms with Crippen LogP contribution in [-0.4, -0.2) is 29.6 Å². The van der Waals surface area contributed by atoms with Crippen molar-refractivity contribution in [1.29, 1.82) is 0 Å². The van der Waals surface area contributed by atoms with Crippen LogP contribution in [0.2, 0.25) is 0 Å². The van der Waals surface area contributed by atoms with E-state index in [-0.39, 0.29) is 17.4 Å². The quantitative estimate of drug-likeness (QED) is 0.447. The second kappa shape index (κ2) is 7.99. The minimum Gasteiger partial charge on any atom is -0.436 e. The van der Waals surface area contributed by atoms with Crippen molar-refractivity contribution in [3.63, 3.8) is 0 Å². The van der Waals surface area contributed by atoms with E-state index in [4.69, 9.17) is 4.74 Å². The first-order valence-corrected chi connectivity index (χ1v) is 11.6. The molecule has 4 aromatic rings. The minimum absolute atomic E-state index is 0.0551. The Hall–Kier alpha value is -3.46. The molecule has 9 heteroatoms. The first-order chi connectivity index (χ1) is 14.7. The summed E-state index contributed by atoms with van der Waals surface area (Å²) in [6, 6.07) is 11.9. The lowest BCUT2D eigenvalue weighted by atomic mass is 10.1. The zero-order chi connectivity index (χ0) is 22.2. The fourth-order valence-corrected chi connectivity index (χ4v) is 4.06. The van der Waals surface area contributed by atoms with Crippen molar-refractivity contribution in [2.24, 2.45) is 0 Å². The highest BCUT2D eigenvalue weighted by Gasteiger charge is 2.13. The zero-order valence-corrected chi connectivity index (χ0v) is 18.0. The molecule has 0 saturated carbocycles. The van der Waals surface area contributed by atoms with E-state index >= 15 is 0 Å². The predicted molar refractivity (Wildman–Crippen MR) is 118 cm³/mol. The lowest BCUT2D eigenvalue weighted by Gasteiger charge is -2.12. The number of halogens is 1. The van der Waals surface area contributed by atoms with Crippen LogP contribution in [0.4, 0.5) is 15.9 Å². The molecule has 0 spiro atoms. The smallest absolute Gasteiger partial charge is 0.224 e. The van der Waals surface area contributed by atoms with Crippen LogP contribution in [-0.2, 0) is 15.6 Å². The molecule has 0 bridgehead atoms. The topological polar surface area (TPSA) is 97.0 Å². The lowest BCUT2D eigenvalue weighted by Crippen LogP contribution is -2.03. The van der Waals surface area contributed by atoms with E-state index in [9.17, 15) is 12.8 Å². The van der Waals surface area contributed by atoms with Crippen LogP contribution in [0.5, 0.6) is 11.6 Å². The summed E-state index contributed by atoms with van der Waals surface area (Å²) in [4.78, 5) is 11.3. The summed E-state index contributed by atoms with van der Waals surface area (Å²) in [6.07, 6.45) is 2.50. The van der Waals surface area contributed by atoms with E-state index < -0.39 is 15.7 Å². The number of nitrogens with one attached hydrogen (secondary N) is 2. The third kappa shape index (κ3) is 4.83. The average Bonchev–Trinajstić information content (AvgIpc) is 3.07. The molecule has 0 aliphatic carbocycles. The molecule has 0 unspecified atom stereocenters. The summed E-state index contributed by atoms with van der Waals surface area (Å²) in [5.74, 6) is 0.138. The Kier molecular flexibility index (Phi) is 5.36. The van der Waals surface area contributed by atoms with Gasteiger partial charge >= 0.3 is 0 Å².